The number of aromatic nitrogens is 6. The smallest absolute Gasteiger partial charge is 0.394 e. The summed E-state index contributed by atoms with van der Waals surface area (Å²) < 4.78 is 33.6. The molecule has 10 nitrogen and oxygen atoms in total. The second-order valence-electron chi connectivity index (χ2n) is 6.84. The van der Waals surface area contributed by atoms with Crippen molar-refractivity contribution < 1.29 is 23.1 Å². The van der Waals surface area contributed by atoms with E-state index in [2.05, 4.69) is 30.7 Å². The quantitative estimate of drug-likeness (QED) is 0.363. The normalized spacial score (nSPS) is 11.3. The Balaban J connectivity index is 1.43. The maximum atomic E-state index is 13.0. The minimum atomic E-state index is -3.28. The maximum Gasteiger partial charge on any atom is 0.394 e. The fraction of sp³-hybridized carbons (Fsp3) is 0.368. The molecule has 1 amide bonds. The highest BCUT2D eigenvalue weighted by atomic mass is 19.3. The fourth-order valence-electron chi connectivity index (χ4n) is 2.73. The number of benzene rings is 1. The zero-order valence-corrected chi connectivity index (χ0v) is 16.7. The van der Waals surface area contributed by atoms with Gasteiger partial charge in [-0.3, -0.25) is 19.0 Å². The molecule has 0 atom stereocenters. The third-order valence-electron chi connectivity index (χ3n) is 4.12. The van der Waals surface area contributed by atoms with E-state index in [0.717, 1.165) is 12.8 Å². The van der Waals surface area contributed by atoms with Crippen molar-refractivity contribution in [2.45, 2.75) is 45.5 Å². The van der Waals surface area contributed by atoms with Gasteiger partial charge in [0.05, 0.1) is 12.4 Å². The number of aryl methyl sites for hydroxylation is 2. The minimum Gasteiger partial charge on any atom is -0.433 e. The Hall–Kier alpha value is -3.70. The molecular weight excluding hydrogens is 412 g/mol. The zero-order valence-electron chi connectivity index (χ0n) is 16.7. The van der Waals surface area contributed by atoms with Gasteiger partial charge in [0, 0.05) is 26.6 Å². The van der Waals surface area contributed by atoms with Crippen molar-refractivity contribution >= 4 is 12.2 Å². The topological polar surface area (TPSA) is 117 Å². The Labute approximate surface area is 176 Å². The summed E-state index contributed by atoms with van der Waals surface area (Å²) in [5.74, 6) is -0.416. The number of hydrogen-bond acceptors (Lipinski definition) is 7. The monoisotopic (exact) mass is 433 g/mol. The van der Waals surface area contributed by atoms with Crippen molar-refractivity contribution in [3.8, 4) is 5.75 Å². The molecule has 3 rings (SSSR count). The first-order valence-corrected chi connectivity index (χ1v) is 9.52. The van der Waals surface area contributed by atoms with Gasteiger partial charge in [0.2, 0.25) is 0 Å². The summed E-state index contributed by atoms with van der Waals surface area (Å²) in [4.78, 5) is 22.8. The number of aldehydes is 1. The second kappa shape index (κ2) is 9.87. The lowest BCUT2D eigenvalue weighted by molar-refractivity contribution is -0.159. The number of ether oxygens (including phenoxy) is 1. The van der Waals surface area contributed by atoms with E-state index >= 15 is 0 Å². The predicted octanol–water partition coefficient (Wildman–Crippen LogP) is 2.08. The molecule has 31 heavy (non-hydrogen) atoms. The first-order chi connectivity index (χ1) is 14.8. The van der Waals surface area contributed by atoms with Gasteiger partial charge in [-0.25, -0.2) is 0 Å². The molecule has 1 aromatic carbocycles. The first-order valence-electron chi connectivity index (χ1n) is 9.52. The van der Waals surface area contributed by atoms with Crippen LogP contribution in [0, 0.1) is 0 Å². The van der Waals surface area contributed by atoms with Crippen LogP contribution in [0.15, 0.2) is 36.7 Å². The van der Waals surface area contributed by atoms with E-state index in [-0.39, 0.29) is 23.7 Å². The van der Waals surface area contributed by atoms with Gasteiger partial charge in [0.25, 0.3) is 5.91 Å². The molecular formula is C19H21F2N7O3. The molecule has 0 saturated carbocycles. The van der Waals surface area contributed by atoms with E-state index in [4.69, 9.17) is 0 Å². The molecule has 2 heterocycles. The highest BCUT2D eigenvalue weighted by molar-refractivity contribution is 5.91. The predicted molar refractivity (Wildman–Crippen MR) is 104 cm³/mol. The summed E-state index contributed by atoms with van der Waals surface area (Å²) in [6.07, 6.45) is 1.99. The lowest BCUT2D eigenvalue weighted by atomic mass is 10.2. The number of alkyl halides is 2. The Morgan fingerprint density at radius 2 is 1.87 bits per heavy atom. The van der Waals surface area contributed by atoms with Gasteiger partial charge in [-0.05, 0) is 30.5 Å². The fourth-order valence-corrected chi connectivity index (χ4v) is 2.73. The Morgan fingerprint density at radius 1 is 1.16 bits per heavy atom. The molecule has 2 aromatic heterocycles. The van der Waals surface area contributed by atoms with Crippen LogP contribution in [0.4, 0.5) is 8.78 Å². The summed E-state index contributed by atoms with van der Waals surface area (Å²) in [6, 6.07) is 6.10. The van der Waals surface area contributed by atoms with Crippen LogP contribution in [-0.2, 0) is 19.6 Å². The molecule has 0 radical (unpaired) electrons. The Kier molecular flexibility index (Phi) is 7.00. The van der Waals surface area contributed by atoms with Gasteiger partial charge in [-0.2, -0.15) is 8.78 Å². The van der Waals surface area contributed by atoms with Crippen LogP contribution in [0.2, 0.25) is 0 Å². The molecule has 1 N–H and O–H groups in total. The zero-order chi connectivity index (χ0) is 22.3. The number of nitrogens with zero attached hydrogens (tertiary/aromatic N) is 6. The highest BCUT2D eigenvalue weighted by Gasteiger charge is 2.23. The third kappa shape index (κ3) is 6.94. The number of carbonyl (C=O) groups excluding carboxylic acids is 2. The first kappa shape index (κ1) is 22.0. The van der Waals surface area contributed by atoms with E-state index in [0.29, 0.717) is 31.9 Å². The van der Waals surface area contributed by atoms with Gasteiger partial charge >= 0.3 is 6.11 Å². The van der Waals surface area contributed by atoms with Gasteiger partial charge in [0.15, 0.2) is 12.0 Å². The number of amides is 1. The van der Waals surface area contributed by atoms with Gasteiger partial charge < -0.3 is 10.1 Å². The van der Waals surface area contributed by atoms with Crippen LogP contribution >= 0.6 is 0 Å². The molecule has 12 heteroatoms. The van der Waals surface area contributed by atoms with E-state index in [1.807, 2.05) is 0 Å². The summed E-state index contributed by atoms with van der Waals surface area (Å²) in [5.41, 5.74) is 1.04. The summed E-state index contributed by atoms with van der Waals surface area (Å²) in [6.45, 7) is 1.94. The van der Waals surface area contributed by atoms with Crippen molar-refractivity contribution in [3.63, 3.8) is 0 Å². The van der Waals surface area contributed by atoms with Crippen LogP contribution in [0.1, 0.15) is 46.3 Å². The SMILES string of the molecule is CC(F)(F)Oc1cccc(CNC(=O)c2cn(CCCCn3cc(C=O)nn3)nn2)c1. The van der Waals surface area contributed by atoms with Crippen LogP contribution in [0.3, 0.4) is 0 Å². The molecule has 0 spiro atoms. The number of unbranched alkanes of at least 4 members (excludes halogenated alkanes) is 1. The Bertz CT molecular complexity index is 1030. The molecule has 0 unspecified atom stereocenters. The van der Waals surface area contributed by atoms with Gasteiger partial charge in [-0.15, -0.1) is 10.2 Å². The lowest BCUT2D eigenvalue weighted by Crippen LogP contribution is -2.23. The molecule has 164 valence electrons. The number of halogens is 2. The van der Waals surface area contributed by atoms with Crippen LogP contribution in [0.5, 0.6) is 5.75 Å². The number of hydrogen-bond donors (Lipinski definition) is 1. The molecule has 0 bridgehead atoms. The number of rotatable bonds is 11. The molecule has 0 fully saturated rings. The Morgan fingerprint density at radius 3 is 2.55 bits per heavy atom. The highest BCUT2D eigenvalue weighted by Crippen LogP contribution is 2.21. The van der Waals surface area contributed by atoms with E-state index < -0.39 is 12.0 Å². The standard InChI is InChI=1S/C19H21F2N7O3/c1-19(20,21)31-16-6-4-5-14(9-16)10-22-18(30)17-12-28(26-24-17)8-3-2-7-27-11-15(13-29)23-25-27/h4-6,9,11-13H,2-3,7-8,10H2,1H3,(H,22,30). The largest absolute Gasteiger partial charge is 0.433 e. The van der Waals surface area contributed by atoms with Crippen LogP contribution in [-0.4, -0.2) is 48.3 Å². The molecule has 0 saturated heterocycles. The van der Waals surface area contributed by atoms with Crippen molar-refractivity contribution in [1.82, 2.24) is 35.3 Å². The summed E-state index contributed by atoms with van der Waals surface area (Å²) in [7, 11) is 0. The van der Waals surface area contributed by atoms with Crippen LogP contribution in [0.25, 0.3) is 0 Å². The maximum absolute atomic E-state index is 13.0. The van der Waals surface area contributed by atoms with E-state index in [1.165, 1.54) is 18.3 Å². The van der Waals surface area contributed by atoms with Crippen molar-refractivity contribution in [2.24, 2.45) is 0 Å². The van der Waals surface area contributed by atoms with Gasteiger partial charge in [0.1, 0.15) is 11.4 Å². The lowest BCUT2D eigenvalue weighted by Gasteiger charge is -2.13. The molecule has 0 aliphatic rings. The number of carbonyl (C=O) groups is 2. The van der Waals surface area contributed by atoms with Crippen molar-refractivity contribution in [1.29, 1.82) is 0 Å². The third-order valence-corrected chi connectivity index (χ3v) is 4.12. The van der Waals surface area contributed by atoms with E-state index in [9.17, 15) is 18.4 Å². The van der Waals surface area contributed by atoms with Crippen molar-refractivity contribution in [3.05, 3.63) is 53.6 Å². The molecule has 0 aliphatic heterocycles. The second-order valence-corrected chi connectivity index (χ2v) is 6.84. The van der Waals surface area contributed by atoms with E-state index in [1.54, 1.807) is 27.7 Å². The molecule has 0 aliphatic carbocycles. The minimum absolute atomic E-state index is 0.0125. The summed E-state index contributed by atoms with van der Waals surface area (Å²) in [5, 5.41) is 18.0. The number of nitrogens with one attached hydrogen (secondary N) is 1. The average Bonchev–Trinajstić information content (AvgIpc) is 3.38. The van der Waals surface area contributed by atoms with Crippen molar-refractivity contribution in [2.75, 3.05) is 0 Å². The summed E-state index contributed by atoms with van der Waals surface area (Å²) >= 11 is 0. The van der Waals surface area contributed by atoms with Crippen LogP contribution < -0.4 is 10.1 Å². The average molecular weight is 433 g/mol. The van der Waals surface area contributed by atoms with Gasteiger partial charge in [-0.1, -0.05) is 22.6 Å². The molecule has 3 aromatic rings.